The van der Waals surface area contributed by atoms with Crippen LogP contribution in [0.25, 0.3) is 0 Å². The summed E-state index contributed by atoms with van der Waals surface area (Å²) in [5, 5.41) is 0. The first-order valence-corrected chi connectivity index (χ1v) is 7.10. The Balaban J connectivity index is 2.22. The lowest BCUT2D eigenvalue weighted by Gasteiger charge is -2.14. The van der Waals surface area contributed by atoms with E-state index in [0.29, 0.717) is 10.9 Å². The van der Waals surface area contributed by atoms with E-state index < -0.39 is 0 Å². The summed E-state index contributed by atoms with van der Waals surface area (Å²) in [5.41, 5.74) is 8.04. The minimum absolute atomic E-state index is 0.232. The summed E-state index contributed by atoms with van der Waals surface area (Å²) >= 11 is 6.67. The van der Waals surface area contributed by atoms with Crippen LogP contribution in [0.2, 0.25) is 0 Å². The Morgan fingerprint density at radius 2 is 1.83 bits per heavy atom. The maximum absolute atomic E-state index is 13.4. The van der Waals surface area contributed by atoms with Crippen molar-refractivity contribution in [2.75, 3.05) is 0 Å². The van der Waals surface area contributed by atoms with Gasteiger partial charge in [-0.25, -0.2) is 4.39 Å². The van der Waals surface area contributed by atoms with E-state index in [0.717, 1.165) is 15.6 Å². The van der Waals surface area contributed by atoms with Gasteiger partial charge >= 0.3 is 0 Å². The number of benzene rings is 2. The van der Waals surface area contributed by atoms with Crippen molar-refractivity contribution in [2.24, 2.45) is 5.73 Å². The van der Waals surface area contributed by atoms with Gasteiger partial charge in [-0.15, -0.1) is 0 Å². The average molecular weight is 373 g/mol. The molecule has 2 rings (SSSR count). The number of hydrogen-bond acceptors (Lipinski definition) is 1. The van der Waals surface area contributed by atoms with Gasteiger partial charge in [-0.2, -0.15) is 0 Å². The van der Waals surface area contributed by atoms with Crippen molar-refractivity contribution in [1.82, 2.24) is 0 Å². The molecule has 0 heterocycles. The lowest BCUT2D eigenvalue weighted by molar-refractivity contribution is 0.610. The van der Waals surface area contributed by atoms with E-state index in [4.69, 9.17) is 5.73 Å². The van der Waals surface area contributed by atoms with Crippen LogP contribution in [0, 0.1) is 5.82 Å². The third-order valence-corrected chi connectivity index (χ3v) is 4.06. The molecule has 0 aliphatic heterocycles. The minimum atomic E-state index is -0.280. The maximum atomic E-state index is 13.4. The van der Waals surface area contributed by atoms with E-state index in [-0.39, 0.29) is 11.9 Å². The topological polar surface area (TPSA) is 26.0 Å². The zero-order valence-corrected chi connectivity index (χ0v) is 12.7. The lowest BCUT2D eigenvalue weighted by atomic mass is 10.00. The van der Waals surface area contributed by atoms with Crippen LogP contribution in [0.1, 0.15) is 17.2 Å². The standard InChI is InChI=1S/C14H12Br2FN/c15-10-4-1-3-9(7-10)8-13(18)11-5-2-6-12(17)14(11)16/h1-7,13H,8,18H2. The number of hydrogen-bond donors (Lipinski definition) is 1. The zero-order valence-electron chi connectivity index (χ0n) is 9.54. The molecule has 0 saturated heterocycles. The highest BCUT2D eigenvalue weighted by molar-refractivity contribution is 9.10. The molecule has 0 bridgehead atoms. The van der Waals surface area contributed by atoms with Crippen molar-refractivity contribution >= 4 is 31.9 Å². The van der Waals surface area contributed by atoms with Gasteiger partial charge in [-0.3, -0.25) is 0 Å². The maximum Gasteiger partial charge on any atom is 0.137 e. The van der Waals surface area contributed by atoms with Crippen LogP contribution in [0.5, 0.6) is 0 Å². The average Bonchev–Trinajstić information content (AvgIpc) is 2.32. The molecule has 2 aromatic rings. The molecule has 0 amide bonds. The van der Waals surface area contributed by atoms with E-state index in [1.807, 2.05) is 30.3 Å². The Hall–Kier alpha value is -0.710. The van der Waals surface area contributed by atoms with Gasteiger partial charge in [0, 0.05) is 10.5 Å². The summed E-state index contributed by atoms with van der Waals surface area (Å²) in [5.74, 6) is -0.280. The fourth-order valence-corrected chi connectivity index (χ4v) is 2.84. The van der Waals surface area contributed by atoms with Gasteiger partial charge < -0.3 is 5.73 Å². The molecule has 4 heteroatoms. The zero-order chi connectivity index (χ0) is 13.1. The quantitative estimate of drug-likeness (QED) is 0.837. The molecule has 0 aliphatic rings. The summed E-state index contributed by atoms with van der Waals surface area (Å²) in [6.07, 6.45) is 0.668. The van der Waals surface area contributed by atoms with Gasteiger partial charge in [-0.05, 0) is 51.7 Å². The fraction of sp³-hybridized carbons (Fsp3) is 0.143. The number of halogens is 3. The minimum Gasteiger partial charge on any atom is -0.324 e. The van der Waals surface area contributed by atoms with Crippen LogP contribution >= 0.6 is 31.9 Å². The molecule has 18 heavy (non-hydrogen) atoms. The van der Waals surface area contributed by atoms with E-state index in [9.17, 15) is 4.39 Å². The van der Waals surface area contributed by atoms with Gasteiger partial charge in [0.05, 0.1) is 4.47 Å². The second-order valence-electron chi connectivity index (χ2n) is 4.08. The third kappa shape index (κ3) is 3.19. The Morgan fingerprint density at radius 3 is 2.56 bits per heavy atom. The summed E-state index contributed by atoms with van der Waals surface area (Å²) in [6, 6.07) is 12.7. The molecule has 1 atom stereocenters. The summed E-state index contributed by atoms with van der Waals surface area (Å²) < 4.78 is 14.9. The van der Waals surface area contributed by atoms with Gasteiger partial charge in [0.1, 0.15) is 5.82 Å². The second-order valence-corrected chi connectivity index (χ2v) is 5.79. The van der Waals surface area contributed by atoms with Crippen LogP contribution in [0.15, 0.2) is 51.4 Å². The molecule has 0 spiro atoms. The van der Waals surface area contributed by atoms with Gasteiger partial charge in [0.15, 0.2) is 0 Å². The van der Waals surface area contributed by atoms with Gasteiger partial charge in [0.25, 0.3) is 0 Å². The van der Waals surface area contributed by atoms with Crippen molar-refractivity contribution in [3.63, 3.8) is 0 Å². The molecule has 2 N–H and O–H groups in total. The highest BCUT2D eigenvalue weighted by Crippen LogP contribution is 2.27. The van der Waals surface area contributed by atoms with E-state index in [1.54, 1.807) is 6.07 Å². The van der Waals surface area contributed by atoms with Crippen LogP contribution < -0.4 is 5.73 Å². The van der Waals surface area contributed by atoms with Crippen LogP contribution in [-0.2, 0) is 6.42 Å². The first kappa shape index (κ1) is 13.7. The van der Waals surface area contributed by atoms with Gasteiger partial charge in [-0.1, -0.05) is 40.2 Å². The number of nitrogens with two attached hydrogens (primary N) is 1. The largest absolute Gasteiger partial charge is 0.324 e. The monoisotopic (exact) mass is 371 g/mol. The van der Waals surface area contributed by atoms with Crippen molar-refractivity contribution in [3.05, 3.63) is 68.4 Å². The predicted molar refractivity (Wildman–Crippen MR) is 78.9 cm³/mol. The molecule has 1 unspecified atom stereocenters. The lowest BCUT2D eigenvalue weighted by Crippen LogP contribution is -2.14. The van der Waals surface area contributed by atoms with E-state index >= 15 is 0 Å². The Morgan fingerprint density at radius 1 is 1.11 bits per heavy atom. The van der Waals surface area contributed by atoms with E-state index in [1.165, 1.54) is 6.07 Å². The van der Waals surface area contributed by atoms with E-state index in [2.05, 4.69) is 31.9 Å². The van der Waals surface area contributed by atoms with Crippen LogP contribution in [-0.4, -0.2) is 0 Å². The third-order valence-electron chi connectivity index (χ3n) is 2.73. The normalized spacial score (nSPS) is 12.4. The Bertz CT molecular complexity index is 557. The summed E-state index contributed by atoms with van der Waals surface area (Å²) in [4.78, 5) is 0. The SMILES string of the molecule is NC(Cc1cccc(Br)c1)c1cccc(F)c1Br. The molecule has 0 saturated carbocycles. The molecule has 2 aromatic carbocycles. The smallest absolute Gasteiger partial charge is 0.137 e. The Kier molecular flexibility index (Phi) is 4.54. The second kappa shape index (κ2) is 5.95. The summed E-state index contributed by atoms with van der Waals surface area (Å²) in [6.45, 7) is 0. The predicted octanol–water partition coefficient (Wildman–Crippen LogP) is 4.59. The molecular formula is C14H12Br2FN. The molecule has 1 nitrogen and oxygen atoms in total. The molecule has 0 fully saturated rings. The molecular weight excluding hydrogens is 361 g/mol. The number of rotatable bonds is 3. The van der Waals surface area contributed by atoms with Gasteiger partial charge in [0.2, 0.25) is 0 Å². The van der Waals surface area contributed by atoms with Crippen molar-refractivity contribution in [1.29, 1.82) is 0 Å². The molecule has 0 aromatic heterocycles. The van der Waals surface area contributed by atoms with Crippen LogP contribution in [0.4, 0.5) is 4.39 Å². The highest BCUT2D eigenvalue weighted by atomic mass is 79.9. The summed E-state index contributed by atoms with van der Waals surface area (Å²) in [7, 11) is 0. The molecule has 0 radical (unpaired) electrons. The highest BCUT2D eigenvalue weighted by Gasteiger charge is 2.13. The Labute approximate surface area is 122 Å². The molecule has 0 aliphatic carbocycles. The van der Waals surface area contributed by atoms with Crippen molar-refractivity contribution in [3.8, 4) is 0 Å². The fourth-order valence-electron chi connectivity index (χ4n) is 1.83. The van der Waals surface area contributed by atoms with Crippen molar-refractivity contribution in [2.45, 2.75) is 12.5 Å². The van der Waals surface area contributed by atoms with Crippen molar-refractivity contribution < 1.29 is 4.39 Å². The first-order valence-electron chi connectivity index (χ1n) is 5.52. The molecule has 94 valence electrons. The van der Waals surface area contributed by atoms with Crippen LogP contribution in [0.3, 0.4) is 0 Å². The first-order chi connectivity index (χ1) is 8.58.